The minimum atomic E-state index is 0.609. The zero-order valence-corrected chi connectivity index (χ0v) is 12.1. The first-order valence-corrected chi connectivity index (χ1v) is 7.02. The molecule has 0 aromatic carbocycles. The highest BCUT2D eigenvalue weighted by Gasteiger charge is 2.26. The van der Waals surface area contributed by atoms with Gasteiger partial charge in [-0.15, -0.1) is 0 Å². The van der Waals surface area contributed by atoms with E-state index in [1.807, 2.05) is 0 Å². The molecule has 0 saturated carbocycles. The van der Waals surface area contributed by atoms with Gasteiger partial charge in [0.2, 0.25) is 0 Å². The Kier molecular flexibility index (Phi) is 2.54. The molecular weight excluding hydrogens is 276 g/mol. The molecule has 0 spiro atoms. The number of pyridine rings is 1. The van der Waals surface area contributed by atoms with Crippen LogP contribution in [0.4, 0.5) is 0 Å². The highest BCUT2D eigenvalue weighted by molar-refractivity contribution is 9.10. The summed E-state index contributed by atoms with van der Waals surface area (Å²) in [5.74, 6) is 1.36. The third-order valence-electron chi connectivity index (χ3n) is 3.75. The Labute approximate surface area is 110 Å². The highest BCUT2D eigenvalue weighted by Crippen LogP contribution is 2.35. The Balaban J connectivity index is 2.32. The Morgan fingerprint density at radius 1 is 1.41 bits per heavy atom. The van der Waals surface area contributed by atoms with E-state index in [-0.39, 0.29) is 0 Å². The molecule has 90 valence electrons. The normalized spacial score (nSPS) is 24.0. The summed E-state index contributed by atoms with van der Waals surface area (Å²) in [6.07, 6.45) is 4.55. The first kappa shape index (κ1) is 11.3. The molecule has 2 atom stereocenters. The molecule has 0 N–H and O–H groups in total. The number of hydrogen-bond donors (Lipinski definition) is 0. The van der Waals surface area contributed by atoms with Gasteiger partial charge in [0.05, 0.1) is 5.69 Å². The number of rotatable bonds is 0. The largest absolute Gasteiger partial charge is 0.302 e. The number of hydrogen-bond acceptors (Lipinski definition) is 1. The van der Waals surface area contributed by atoms with E-state index in [4.69, 9.17) is 4.98 Å². The fourth-order valence-electron chi connectivity index (χ4n) is 3.13. The highest BCUT2D eigenvalue weighted by atomic mass is 79.9. The van der Waals surface area contributed by atoms with Crippen LogP contribution in [0, 0.1) is 12.8 Å². The van der Waals surface area contributed by atoms with Crippen LogP contribution >= 0.6 is 15.9 Å². The van der Waals surface area contributed by atoms with Crippen molar-refractivity contribution >= 4 is 21.6 Å². The fourth-order valence-corrected chi connectivity index (χ4v) is 3.68. The van der Waals surface area contributed by atoms with E-state index in [0.29, 0.717) is 5.92 Å². The molecular formula is C14H17BrN2. The molecule has 1 aliphatic carbocycles. The quantitative estimate of drug-likeness (QED) is 0.715. The third-order valence-corrected chi connectivity index (χ3v) is 4.18. The molecule has 2 nitrogen and oxygen atoms in total. The van der Waals surface area contributed by atoms with Gasteiger partial charge in [0.15, 0.2) is 0 Å². The Morgan fingerprint density at radius 3 is 2.94 bits per heavy atom. The zero-order valence-electron chi connectivity index (χ0n) is 10.5. The second kappa shape index (κ2) is 3.84. The van der Waals surface area contributed by atoms with Gasteiger partial charge in [-0.25, -0.2) is 4.98 Å². The van der Waals surface area contributed by atoms with Gasteiger partial charge in [-0.1, -0.05) is 13.8 Å². The van der Waals surface area contributed by atoms with E-state index < -0.39 is 0 Å². The summed E-state index contributed by atoms with van der Waals surface area (Å²) in [7, 11) is 0. The van der Waals surface area contributed by atoms with Crippen LogP contribution in [0.2, 0.25) is 0 Å². The average Bonchev–Trinajstić information content (AvgIpc) is 2.56. The van der Waals surface area contributed by atoms with Crippen LogP contribution in [-0.2, 0) is 6.42 Å². The molecule has 2 aromatic rings. The number of fused-ring (bicyclic) bond motifs is 3. The Bertz CT molecular complexity index is 585. The van der Waals surface area contributed by atoms with E-state index in [9.17, 15) is 0 Å². The van der Waals surface area contributed by atoms with Crippen LogP contribution in [0.25, 0.3) is 5.65 Å². The standard InChI is InChI=1S/C14H17BrN2/c1-8-4-9(2)13-12(5-8)16-14-10(3)6-11(15)7-17(13)14/h6-9H,4-5H2,1-3H3. The van der Waals surface area contributed by atoms with Crippen molar-refractivity contribution in [3.05, 3.63) is 33.7 Å². The molecule has 1 aliphatic rings. The van der Waals surface area contributed by atoms with Crippen molar-refractivity contribution in [3.8, 4) is 0 Å². The molecule has 3 rings (SSSR count). The maximum atomic E-state index is 4.84. The van der Waals surface area contributed by atoms with Crippen molar-refractivity contribution in [2.45, 2.75) is 39.5 Å². The molecule has 2 aromatic heterocycles. The summed E-state index contributed by atoms with van der Waals surface area (Å²) >= 11 is 3.58. The topological polar surface area (TPSA) is 17.3 Å². The second-order valence-electron chi connectivity index (χ2n) is 5.42. The Morgan fingerprint density at radius 2 is 2.18 bits per heavy atom. The molecule has 0 fully saturated rings. The van der Waals surface area contributed by atoms with Crippen molar-refractivity contribution in [2.75, 3.05) is 0 Å². The number of imidazole rings is 1. The van der Waals surface area contributed by atoms with Crippen molar-refractivity contribution in [3.63, 3.8) is 0 Å². The van der Waals surface area contributed by atoms with Gasteiger partial charge < -0.3 is 4.40 Å². The van der Waals surface area contributed by atoms with Gasteiger partial charge >= 0.3 is 0 Å². The van der Waals surface area contributed by atoms with Crippen LogP contribution < -0.4 is 0 Å². The van der Waals surface area contributed by atoms with E-state index in [2.05, 4.69) is 53.4 Å². The second-order valence-corrected chi connectivity index (χ2v) is 6.34. The van der Waals surface area contributed by atoms with Crippen LogP contribution in [0.1, 0.15) is 43.1 Å². The molecule has 2 unspecified atom stereocenters. The van der Waals surface area contributed by atoms with E-state index in [1.165, 1.54) is 23.4 Å². The fraction of sp³-hybridized carbons (Fsp3) is 0.500. The first-order chi connectivity index (χ1) is 8.06. The lowest BCUT2D eigenvalue weighted by Crippen LogP contribution is -2.15. The van der Waals surface area contributed by atoms with Crippen LogP contribution in [-0.4, -0.2) is 9.38 Å². The van der Waals surface area contributed by atoms with Crippen LogP contribution in [0.5, 0.6) is 0 Å². The lowest BCUT2D eigenvalue weighted by atomic mass is 9.84. The summed E-state index contributed by atoms with van der Waals surface area (Å²) in [4.78, 5) is 4.84. The molecule has 0 amide bonds. The number of halogens is 1. The Hall–Kier alpha value is -0.830. The van der Waals surface area contributed by atoms with Gasteiger partial charge in [-0.2, -0.15) is 0 Å². The molecule has 0 radical (unpaired) electrons. The molecule has 2 heterocycles. The molecule has 17 heavy (non-hydrogen) atoms. The predicted molar refractivity (Wildman–Crippen MR) is 73.5 cm³/mol. The van der Waals surface area contributed by atoms with E-state index in [1.54, 1.807) is 0 Å². The summed E-state index contributed by atoms with van der Waals surface area (Å²) in [5, 5.41) is 0. The molecule has 0 aliphatic heterocycles. The lowest BCUT2D eigenvalue weighted by Gasteiger charge is -2.23. The van der Waals surface area contributed by atoms with Gasteiger partial charge in [0, 0.05) is 16.4 Å². The maximum Gasteiger partial charge on any atom is 0.140 e. The number of aryl methyl sites for hydroxylation is 1. The SMILES string of the molecule is Cc1cc(Br)cn2c3c(nc12)CC(C)CC3C. The van der Waals surface area contributed by atoms with Gasteiger partial charge in [0.1, 0.15) is 5.65 Å². The molecule has 0 saturated heterocycles. The lowest BCUT2D eigenvalue weighted by molar-refractivity contribution is 0.437. The summed E-state index contributed by atoms with van der Waals surface area (Å²) in [6.45, 7) is 6.78. The molecule has 3 heteroatoms. The van der Waals surface area contributed by atoms with E-state index >= 15 is 0 Å². The monoisotopic (exact) mass is 292 g/mol. The minimum Gasteiger partial charge on any atom is -0.302 e. The maximum absolute atomic E-state index is 4.84. The van der Waals surface area contributed by atoms with Crippen LogP contribution in [0.15, 0.2) is 16.7 Å². The minimum absolute atomic E-state index is 0.609. The summed E-state index contributed by atoms with van der Waals surface area (Å²) < 4.78 is 3.42. The zero-order chi connectivity index (χ0) is 12.2. The first-order valence-electron chi connectivity index (χ1n) is 6.23. The summed E-state index contributed by atoms with van der Waals surface area (Å²) in [5.41, 5.74) is 5.09. The van der Waals surface area contributed by atoms with E-state index in [0.717, 1.165) is 22.5 Å². The number of nitrogens with zero attached hydrogens (tertiary/aromatic N) is 2. The van der Waals surface area contributed by atoms with Crippen molar-refractivity contribution in [1.82, 2.24) is 9.38 Å². The van der Waals surface area contributed by atoms with Crippen molar-refractivity contribution in [1.29, 1.82) is 0 Å². The van der Waals surface area contributed by atoms with Gasteiger partial charge in [0.25, 0.3) is 0 Å². The van der Waals surface area contributed by atoms with Gasteiger partial charge in [-0.3, -0.25) is 0 Å². The smallest absolute Gasteiger partial charge is 0.140 e. The molecule has 0 bridgehead atoms. The average molecular weight is 293 g/mol. The van der Waals surface area contributed by atoms with Crippen molar-refractivity contribution in [2.24, 2.45) is 5.92 Å². The van der Waals surface area contributed by atoms with Gasteiger partial charge in [-0.05, 0) is 59.2 Å². The predicted octanol–water partition coefficient (Wildman–Crippen LogP) is 4.09. The number of aromatic nitrogens is 2. The third kappa shape index (κ3) is 1.71. The van der Waals surface area contributed by atoms with Crippen molar-refractivity contribution < 1.29 is 0 Å². The summed E-state index contributed by atoms with van der Waals surface area (Å²) in [6, 6.07) is 2.14. The van der Waals surface area contributed by atoms with Crippen LogP contribution in [0.3, 0.4) is 0 Å².